The van der Waals surface area contributed by atoms with E-state index in [2.05, 4.69) is 22.0 Å². The molecule has 4 nitrogen and oxygen atoms in total. The van der Waals surface area contributed by atoms with Crippen LogP contribution in [0.1, 0.15) is 39.0 Å². The summed E-state index contributed by atoms with van der Waals surface area (Å²) in [7, 11) is 1.99. The van der Waals surface area contributed by atoms with Gasteiger partial charge >= 0.3 is 0 Å². The van der Waals surface area contributed by atoms with Crippen LogP contribution in [0.2, 0.25) is 0 Å². The van der Waals surface area contributed by atoms with Crippen molar-refractivity contribution in [2.75, 3.05) is 39.8 Å². The molecule has 0 bridgehead atoms. The maximum atomic E-state index is 12.6. The molecule has 0 aromatic rings. The van der Waals surface area contributed by atoms with Crippen LogP contribution >= 0.6 is 24.8 Å². The molecule has 2 aliphatic heterocycles. The molecule has 2 saturated heterocycles. The summed E-state index contributed by atoms with van der Waals surface area (Å²) in [6.07, 6.45) is 6.30. The fraction of sp³-hybridized carbons (Fsp3) is 0.933. The van der Waals surface area contributed by atoms with E-state index in [1.165, 1.54) is 25.7 Å². The Kier molecular flexibility index (Phi) is 10.6. The first kappa shape index (κ1) is 21.0. The number of amides is 1. The lowest BCUT2D eigenvalue weighted by Gasteiger charge is -2.30. The molecule has 6 heteroatoms. The summed E-state index contributed by atoms with van der Waals surface area (Å²) in [4.78, 5) is 17.0. The second-order valence-electron chi connectivity index (χ2n) is 6.12. The van der Waals surface area contributed by atoms with Crippen LogP contribution in [-0.2, 0) is 4.79 Å². The highest BCUT2D eigenvalue weighted by atomic mass is 35.5. The van der Waals surface area contributed by atoms with Gasteiger partial charge in [-0.25, -0.2) is 0 Å². The molecule has 2 fully saturated rings. The molecule has 2 aliphatic rings. The maximum absolute atomic E-state index is 12.6. The summed E-state index contributed by atoms with van der Waals surface area (Å²) in [5.41, 5.74) is 0. The average Bonchev–Trinajstić information content (AvgIpc) is 2.72. The zero-order chi connectivity index (χ0) is 13.7. The number of halogens is 2. The summed E-state index contributed by atoms with van der Waals surface area (Å²) in [6.45, 7) is 7.21. The van der Waals surface area contributed by atoms with E-state index in [4.69, 9.17) is 0 Å². The molecular weight excluding hydrogens is 309 g/mol. The normalized spacial score (nSPS) is 24.7. The number of hydrogen-bond acceptors (Lipinski definition) is 3. The number of nitrogens with one attached hydrogen (secondary N) is 1. The van der Waals surface area contributed by atoms with Crippen LogP contribution in [0.3, 0.4) is 0 Å². The van der Waals surface area contributed by atoms with Crippen molar-refractivity contribution in [3.05, 3.63) is 0 Å². The summed E-state index contributed by atoms with van der Waals surface area (Å²) >= 11 is 0. The monoisotopic (exact) mass is 339 g/mol. The van der Waals surface area contributed by atoms with Crippen LogP contribution < -0.4 is 5.32 Å². The lowest BCUT2D eigenvalue weighted by atomic mass is 10.1. The molecule has 2 atom stereocenters. The van der Waals surface area contributed by atoms with Gasteiger partial charge in [-0.15, -0.1) is 24.8 Å². The number of rotatable bonds is 4. The molecule has 1 amide bonds. The Morgan fingerprint density at radius 1 is 1.14 bits per heavy atom. The Bertz CT molecular complexity index is 297. The second-order valence-corrected chi connectivity index (χ2v) is 6.12. The van der Waals surface area contributed by atoms with Crippen LogP contribution in [0.25, 0.3) is 0 Å². The van der Waals surface area contributed by atoms with Gasteiger partial charge in [0, 0.05) is 13.1 Å². The Labute approximate surface area is 141 Å². The SMILES string of the molecule is CNCC1CCN(C(=O)C(C)N2CCCCCC2)C1.Cl.Cl. The first-order valence-corrected chi connectivity index (χ1v) is 7.90. The predicted molar refractivity (Wildman–Crippen MR) is 92.6 cm³/mol. The molecule has 0 spiro atoms. The highest BCUT2D eigenvalue weighted by molar-refractivity contribution is 5.85. The van der Waals surface area contributed by atoms with Gasteiger partial charge in [0.15, 0.2) is 0 Å². The van der Waals surface area contributed by atoms with Crippen molar-refractivity contribution in [1.82, 2.24) is 15.1 Å². The van der Waals surface area contributed by atoms with Crippen molar-refractivity contribution in [3.63, 3.8) is 0 Å². The third-order valence-electron chi connectivity index (χ3n) is 4.64. The number of hydrogen-bond donors (Lipinski definition) is 1. The van der Waals surface area contributed by atoms with Gasteiger partial charge in [-0.2, -0.15) is 0 Å². The van der Waals surface area contributed by atoms with E-state index in [1.807, 2.05) is 7.05 Å². The van der Waals surface area contributed by atoms with Gasteiger partial charge in [0.05, 0.1) is 6.04 Å². The van der Waals surface area contributed by atoms with E-state index >= 15 is 0 Å². The Morgan fingerprint density at radius 3 is 2.33 bits per heavy atom. The molecule has 0 aromatic carbocycles. The molecule has 0 aliphatic carbocycles. The molecule has 21 heavy (non-hydrogen) atoms. The third-order valence-corrected chi connectivity index (χ3v) is 4.64. The fourth-order valence-corrected chi connectivity index (χ4v) is 3.39. The van der Waals surface area contributed by atoms with Crippen molar-refractivity contribution >= 4 is 30.7 Å². The molecule has 126 valence electrons. The molecule has 0 radical (unpaired) electrons. The minimum Gasteiger partial charge on any atom is -0.341 e. The van der Waals surface area contributed by atoms with E-state index in [1.54, 1.807) is 0 Å². The van der Waals surface area contributed by atoms with Crippen molar-refractivity contribution in [2.24, 2.45) is 5.92 Å². The van der Waals surface area contributed by atoms with Gasteiger partial charge in [0.2, 0.25) is 5.91 Å². The summed E-state index contributed by atoms with van der Waals surface area (Å²) < 4.78 is 0. The van der Waals surface area contributed by atoms with Crippen LogP contribution in [0, 0.1) is 5.92 Å². The van der Waals surface area contributed by atoms with Crippen LogP contribution in [0.5, 0.6) is 0 Å². The summed E-state index contributed by atoms with van der Waals surface area (Å²) in [5.74, 6) is 0.991. The second kappa shape index (κ2) is 10.7. The molecule has 2 heterocycles. The summed E-state index contributed by atoms with van der Waals surface area (Å²) in [6, 6.07) is 0.0754. The van der Waals surface area contributed by atoms with Gasteiger partial charge in [-0.05, 0) is 58.8 Å². The topological polar surface area (TPSA) is 35.6 Å². The zero-order valence-electron chi connectivity index (χ0n) is 13.3. The quantitative estimate of drug-likeness (QED) is 0.852. The number of carbonyl (C=O) groups is 1. The number of likely N-dealkylation sites (tertiary alicyclic amines) is 2. The predicted octanol–water partition coefficient (Wildman–Crippen LogP) is 2.16. The first-order valence-electron chi connectivity index (χ1n) is 7.90. The smallest absolute Gasteiger partial charge is 0.239 e. The molecule has 2 rings (SSSR count). The number of nitrogens with zero attached hydrogens (tertiary/aromatic N) is 2. The largest absolute Gasteiger partial charge is 0.341 e. The summed E-state index contributed by atoms with van der Waals surface area (Å²) in [5, 5.41) is 3.22. The minimum absolute atomic E-state index is 0. The number of carbonyl (C=O) groups excluding carboxylic acids is 1. The lowest BCUT2D eigenvalue weighted by Crippen LogP contribution is -2.47. The van der Waals surface area contributed by atoms with Crippen molar-refractivity contribution in [1.29, 1.82) is 0 Å². The molecule has 0 saturated carbocycles. The highest BCUT2D eigenvalue weighted by Crippen LogP contribution is 2.19. The van der Waals surface area contributed by atoms with Crippen LogP contribution in [0.4, 0.5) is 0 Å². The standard InChI is InChI=1S/C15H29N3O.2ClH/c1-13(17-8-5-3-4-6-9-17)15(19)18-10-7-14(12-18)11-16-2;;/h13-14,16H,3-12H2,1-2H3;2*1H. The van der Waals surface area contributed by atoms with E-state index < -0.39 is 0 Å². The zero-order valence-corrected chi connectivity index (χ0v) is 15.0. The van der Waals surface area contributed by atoms with Gasteiger partial charge in [0.25, 0.3) is 0 Å². The van der Waals surface area contributed by atoms with E-state index in [-0.39, 0.29) is 30.9 Å². The Hall–Kier alpha value is -0.0300. The van der Waals surface area contributed by atoms with Crippen LogP contribution in [-0.4, -0.2) is 61.5 Å². The first-order chi connectivity index (χ1) is 9.22. The van der Waals surface area contributed by atoms with Gasteiger partial charge in [-0.1, -0.05) is 12.8 Å². The fourth-order valence-electron chi connectivity index (χ4n) is 3.39. The highest BCUT2D eigenvalue weighted by Gasteiger charge is 2.31. The molecule has 1 N–H and O–H groups in total. The van der Waals surface area contributed by atoms with Crippen LogP contribution in [0.15, 0.2) is 0 Å². The Morgan fingerprint density at radius 2 is 1.76 bits per heavy atom. The van der Waals surface area contributed by atoms with E-state index in [0.717, 1.165) is 39.1 Å². The molecule has 2 unspecified atom stereocenters. The van der Waals surface area contributed by atoms with E-state index in [0.29, 0.717) is 11.8 Å². The maximum Gasteiger partial charge on any atom is 0.239 e. The van der Waals surface area contributed by atoms with Crippen molar-refractivity contribution in [3.8, 4) is 0 Å². The average molecular weight is 340 g/mol. The van der Waals surface area contributed by atoms with Gasteiger partial charge in [-0.3, -0.25) is 9.69 Å². The van der Waals surface area contributed by atoms with Crippen molar-refractivity contribution in [2.45, 2.75) is 45.1 Å². The lowest BCUT2D eigenvalue weighted by molar-refractivity contribution is -0.135. The Balaban J connectivity index is 0.00000200. The molecule has 0 aromatic heterocycles. The minimum atomic E-state index is 0. The van der Waals surface area contributed by atoms with Gasteiger partial charge < -0.3 is 10.2 Å². The van der Waals surface area contributed by atoms with Gasteiger partial charge in [0.1, 0.15) is 0 Å². The third kappa shape index (κ3) is 5.93. The van der Waals surface area contributed by atoms with Crippen molar-refractivity contribution < 1.29 is 4.79 Å². The van der Waals surface area contributed by atoms with E-state index in [9.17, 15) is 4.79 Å². The molecular formula is C15H31Cl2N3O.